The van der Waals surface area contributed by atoms with E-state index in [1.54, 1.807) is 32.2 Å². The Morgan fingerprint density at radius 2 is 2.22 bits per heavy atom. The second-order valence-corrected chi connectivity index (χ2v) is 6.20. The van der Waals surface area contributed by atoms with Crippen molar-refractivity contribution < 1.29 is 14.3 Å². The van der Waals surface area contributed by atoms with Gasteiger partial charge in [0, 0.05) is 13.2 Å². The Labute approximate surface area is 137 Å². The van der Waals surface area contributed by atoms with Gasteiger partial charge in [-0.2, -0.15) is 5.26 Å². The molecular weight excluding hydrogens is 292 g/mol. The number of hydrogen-bond acceptors (Lipinski definition) is 4. The molecule has 1 aromatic rings. The number of ether oxygens (including phenoxy) is 2. The van der Waals surface area contributed by atoms with Gasteiger partial charge in [-0.3, -0.25) is 4.79 Å². The summed E-state index contributed by atoms with van der Waals surface area (Å²) >= 11 is 0. The van der Waals surface area contributed by atoms with Gasteiger partial charge < -0.3 is 14.8 Å². The maximum Gasteiger partial charge on any atom is 0.256 e. The van der Waals surface area contributed by atoms with Crippen molar-refractivity contribution in [3.8, 4) is 11.8 Å². The molecule has 1 aromatic carbocycles. The predicted octanol–water partition coefficient (Wildman–Crippen LogP) is 3.49. The van der Waals surface area contributed by atoms with E-state index in [2.05, 4.69) is 11.4 Å². The van der Waals surface area contributed by atoms with Gasteiger partial charge in [-0.15, -0.1) is 0 Å². The SMILES string of the molecule is CC[C@@H](C)Oc1ccc(NC(=O)[C@@](C)(OC)C2CC2)c(C#N)c1. The Hall–Kier alpha value is -2.06. The van der Waals surface area contributed by atoms with Crippen molar-refractivity contribution in [2.75, 3.05) is 12.4 Å². The van der Waals surface area contributed by atoms with Gasteiger partial charge in [-0.25, -0.2) is 0 Å². The highest BCUT2D eigenvalue weighted by Gasteiger charge is 2.47. The molecule has 0 aliphatic heterocycles. The molecule has 0 radical (unpaired) electrons. The summed E-state index contributed by atoms with van der Waals surface area (Å²) in [5.74, 6) is 0.659. The second kappa shape index (κ2) is 7.01. The highest BCUT2D eigenvalue weighted by Crippen LogP contribution is 2.42. The van der Waals surface area contributed by atoms with Gasteiger partial charge in [-0.05, 0) is 51.2 Å². The number of anilines is 1. The van der Waals surface area contributed by atoms with Gasteiger partial charge >= 0.3 is 0 Å². The summed E-state index contributed by atoms with van der Waals surface area (Å²) in [5.41, 5.74) is 0.0184. The van der Waals surface area contributed by atoms with E-state index in [0.29, 0.717) is 17.0 Å². The molecule has 0 unspecified atom stereocenters. The van der Waals surface area contributed by atoms with Crippen LogP contribution in [0.4, 0.5) is 5.69 Å². The van der Waals surface area contributed by atoms with Crippen LogP contribution >= 0.6 is 0 Å². The zero-order chi connectivity index (χ0) is 17.0. The van der Waals surface area contributed by atoms with Crippen molar-refractivity contribution >= 4 is 11.6 Å². The van der Waals surface area contributed by atoms with E-state index in [1.807, 2.05) is 13.8 Å². The average Bonchev–Trinajstić information content (AvgIpc) is 3.40. The second-order valence-electron chi connectivity index (χ2n) is 6.20. The summed E-state index contributed by atoms with van der Waals surface area (Å²) in [6.07, 6.45) is 2.94. The van der Waals surface area contributed by atoms with E-state index in [0.717, 1.165) is 19.3 Å². The topological polar surface area (TPSA) is 71.3 Å². The molecule has 5 heteroatoms. The van der Waals surface area contributed by atoms with Crippen LogP contribution in [0.2, 0.25) is 0 Å². The molecule has 1 aliphatic carbocycles. The monoisotopic (exact) mass is 316 g/mol. The molecule has 0 bridgehead atoms. The molecule has 1 amide bonds. The lowest BCUT2D eigenvalue weighted by atomic mass is 9.98. The van der Waals surface area contributed by atoms with Crippen LogP contribution in [0.1, 0.15) is 45.6 Å². The first-order valence-corrected chi connectivity index (χ1v) is 8.02. The highest BCUT2D eigenvalue weighted by atomic mass is 16.5. The van der Waals surface area contributed by atoms with E-state index < -0.39 is 5.60 Å². The molecule has 0 heterocycles. The lowest BCUT2D eigenvalue weighted by Crippen LogP contribution is -2.44. The van der Waals surface area contributed by atoms with Crippen LogP contribution < -0.4 is 10.1 Å². The smallest absolute Gasteiger partial charge is 0.256 e. The first-order valence-electron chi connectivity index (χ1n) is 8.02. The molecule has 1 aliphatic rings. The van der Waals surface area contributed by atoms with Gasteiger partial charge in [0.15, 0.2) is 0 Å². The quantitative estimate of drug-likeness (QED) is 0.836. The molecule has 2 atom stereocenters. The summed E-state index contributed by atoms with van der Waals surface area (Å²) in [7, 11) is 1.55. The Balaban J connectivity index is 2.16. The molecule has 124 valence electrons. The highest BCUT2D eigenvalue weighted by molar-refractivity contribution is 5.98. The number of methoxy groups -OCH3 is 1. The fraction of sp³-hybridized carbons (Fsp3) is 0.556. The normalized spacial score (nSPS) is 17.7. The number of nitrogens with zero attached hydrogens (tertiary/aromatic N) is 1. The molecule has 5 nitrogen and oxygen atoms in total. The Bertz CT molecular complexity index is 619. The Morgan fingerprint density at radius 1 is 1.52 bits per heavy atom. The van der Waals surface area contributed by atoms with E-state index in [9.17, 15) is 10.1 Å². The predicted molar refractivity (Wildman–Crippen MR) is 88.3 cm³/mol. The van der Waals surface area contributed by atoms with Gasteiger partial charge in [0.1, 0.15) is 17.4 Å². The van der Waals surface area contributed by atoms with E-state index in [4.69, 9.17) is 9.47 Å². The number of carbonyl (C=O) groups excluding carboxylic acids is 1. The van der Waals surface area contributed by atoms with E-state index in [-0.39, 0.29) is 17.9 Å². The van der Waals surface area contributed by atoms with Crippen molar-refractivity contribution in [1.29, 1.82) is 5.26 Å². The van der Waals surface area contributed by atoms with Crippen LogP contribution in [-0.4, -0.2) is 24.7 Å². The standard InChI is InChI=1S/C18H24N2O3/c1-5-12(2)23-15-8-9-16(13(10-15)11-19)20-17(21)18(3,22-4)14-6-7-14/h8-10,12,14H,5-7H2,1-4H3,(H,20,21)/t12-,18+/m1/s1. The zero-order valence-electron chi connectivity index (χ0n) is 14.2. The maximum atomic E-state index is 12.5. The van der Waals surface area contributed by atoms with Crippen LogP contribution in [0.5, 0.6) is 5.75 Å². The average molecular weight is 316 g/mol. The third-order valence-electron chi connectivity index (χ3n) is 4.50. The van der Waals surface area contributed by atoms with Gasteiger partial charge in [0.25, 0.3) is 5.91 Å². The molecule has 0 spiro atoms. The summed E-state index contributed by atoms with van der Waals surface area (Å²) < 4.78 is 11.2. The minimum absolute atomic E-state index is 0.0774. The molecule has 1 fully saturated rings. The summed E-state index contributed by atoms with van der Waals surface area (Å²) in [6, 6.07) is 7.24. The molecule has 1 saturated carbocycles. The summed E-state index contributed by atoms with van der Waals surface area (Å²) in [4.78, 5) is 12.5. The Morgan fingerprint density at radius 3 is 2.74 bits per heavy atom. The minimum atomic E-state index is -0.849. The van der Waals surface area contributed by atoms with Crippen molar-refractivity contribution in [2.45, 2.75) is 51.7 Å². The third-order valence-corrected chi connectivity index (χ3v) is 4.50. The molecule has 0 aromatic heterocycles. The summed E-state index contributed by atoms with van der Waals surface area (Å²) in [5, 5.41) is 12.2. The fourth-order valence-corrected chi connectivity index (χ4v) is 2.44. The molecule has 1 N–H and O–H groups in total. The van der Waals surface area contributed by atoms with Crippen molar-refractivity contribution in [1.82, 2.24) is 0 Å². The number of carbonyl (C=O) groups is 1. The van der Waals surface area contributed by atoms with E-state index in [1.165, 1.54) is 0 Å². The maximum absolute atomic E-state index is 12.5. The van der Waals surface area contributed by atoms with Crippen LogP contribution in [0.25, 0.3) is 0 Å². The van der Waals surface area contributed by atoms with Crippen LogP contribution in [0.15, 0.2) is 18.2 Å². The first-order chi connectivity index (χ1) is 10.9. The summed E-state index contributed by atoms with van der Waals surface area (Å²) in [6.45, 7) is 5.81. The molecular formula is C18H24N2O3. The van der Waals surface area contributed by atoms with Crippen molar-refractivity contribution in [3.63, 3.8) is 0 Å². The molecule has 23 heavy (non-hydrogen) atoms. The van der Waals surface area contributed by atoms with Crippen LogP contribution in [-0.2, 0) is 9.53 Å². The number of hydrogen-bond donors (Lipinski definition) is 1. The molecule has 2 rings (SSSR count). The lowest BCUT2D eigenvalue weighted by molar-refractivity contribution is -0.138. The van der Waals surface area contributed by atoms with Gasteiger partial charge in [0.2, 0.25) is 0 Å². The van der Waals surface area contributed by atoms with Crippen LogP contribution in [0, 0.1) is 17.2 Å². The van der Waals surface area contributed by atoms with Crippen LogP contribution in [0.3, 0.4) is 0 Å². The minimum Gasteiger partial charge on any atom is -0.491 e. The number of rotatable bonds is 7. The fourth-order valence-electron chi connectivity index (χ4n) is 2.44. The Kier molecular flexibility index (Phi) is 5.27. The first kappa shape index (κ1) is 17.3. The van der Waals surface area contributed by atoms with Gasteiger partial charge in [0.05, 0.1) is 17.4 Å². The largest absolute Gasteiger partial charge is 0.491 e. The lowest BCUT2D eigenvalue weighted by Gasteiger charge is -2.27. The number of nitrogens with one attached hydrogen (secondary N) is 1. The van der Waals surface area contributed by atoms with Crippen molar-refractivity contribution in [2.24, 2.45) is 5.92 Å². The number of nitriles is 1. The zero-order valence-corrected chi connectivity index (χ0v) is 14.2. The molecule has 0 saturated heterocycles. The number of benzene rings is 1. The van der Waals surface area contributed by atoms with Crippen molar-refractivity contribution in [3.05, 3.63) is 23.8 Å². The third kappa shape index (κ3) is 3.83. The van der Waals surface area contributed by atoms with E-state index >= 15 is 0 Å². The number of amides is 1. The van der Waals surface area contributed by atoms with Gasteiger partial charge in [-0.1, -0.05) is 6.92 Å².